The van der Waals surface area contributed by atoms with Gasteiger partial charge in [0, 0.05) is 173 Å². The van der Waals surface area contributed by atoms with Crippen LogP contribution in [0.15, 0.2) is 462 Å². The highest BCUT2D eigenvalue weighted by atomic mass is 32.1. The molecule has 0 fully saturated rings. The molecule has 0 saturated carbocycles. The molecule has 0 aliphatic carbocycles. The van der Waals surface area contributed by atoms with Crippen LogP contribution in [0.25, 0.3) is 294 Å². The molecule has 20 aromatic carbocycles. The maximum absolute atomic E-state index is 6.95. The lowest BCUT2D eigenvalue weighted by molar-refractivity contribution is 0.584. The van der Waals surface area contributed by atoms with Gasteiger partial charge in [-0.3, -0.25) is 9.55 Å². The van der Waals surface area contributed by atoms with E-state index in [9.17, 15) is 0 Å². The van der Waals surface area contributed by atoms with Crippen LogP contribution in [-0.2, 0) is 0 Å². The molecule has 0 aliphatic rings. The smallest absolute Gasteiger partial charge is 0.248 e. The van der Waals surface area contributed by atoms with Crippen LogP contribution in [-0.4, -0.2) is 52.6 Å². The fraction of sp³-hybridized carbons (Fsp3) is 0.00769. The van der Waals surface area contributed by atoms with Crippen molar-refractivity contribution in [2.24, 2.45) is 0 Å². The highest BCUT2D eigenvalue weighted by Crippen LogP contribution is 2.56. The summed E-state index contributed by atoms with van der Waals surface area (Å²) in [5, 5.41) is 32.7. The monoisotopic (exact) mass is 1900 g/mol. The molecule has 0 bridgehead atoms. The second kappa shape index (κ2) is 31.9. The number of aromatic nitrogens is 11. The number of rotatable bonds is 9. The Morgan fingerprint density at radius 2 is 0.658 bits per heavy atom. The van der Waals surface area contributed by atoms with Crippen LogP contribution in [0.4, 0.5) is 0 Å². The average Bonchev–Trinajstić information content (AvgIpc) is 1.51. The fourth-order valence-electron chi connectivity index (χ4n) is 23.7. The number of imidazole rings is 1. The molecule has 13 heterocycles. The van der Waals surface area contributed by atoms with Gasteiger partial charge in [0.15, 0.2) is 11.2 Å². The summed E-state index contributed by atoms with van der Waals surface area (Å²) in [5.74, 6) is 1.99. The molecule has 146 heavy (non-hydrogen) atoms. The first-order chi connectivity index (χ1) is 72.4. The number of aryl methyl sites for hydroxylation is 1. The van der Waals surface area contributed by atoms with E-state index in [1.54, 1.807) is 0 Å². The maximum Gasteiger partial charge on any atom is 0.248 e. The highest BCUT2D eigenvalue weighted by molar-refractivity contribution is 7.30. The largest absolute Gasteiger partial charge is 0.454 e. The number of benzene rings is 20. The Hall–Kier alpha value is -19.1. The lowest BCUT2D eigenvalue weighted by Crippen LogP contribution is -2.00. The molecule has 33 rings (SSSR count). The summed E-state index contributed by atoms with van der Waals surface area (Å²) in [5.41, 5.74) is 29.1. The predicted molar refractivity (Wildman–Crippen MR) is 605 cm³/mol. The third-order valence-corrected chi connectivity index (χ3v) is 32.0. The number of thiophene rings is 2. The van der Waals surface area contributed by atoms with Gasteiger partial charge in [0.05, 0.1) is 93.3 Å². The quantitative estimate of drug-likeness (QED) is 0.130. The van der Waals surface area contributed by atoms with Crippen molar-refractivity contribution < 1.29 is 13.3 Å². The number of hydrogen-bond acceptors (Lipinski definition) is 10. The average molecular weight is 1910 g/mol. The fourth-order valence-corrected chi connectivity index (χ4v) is 26.2. The van der Waals surface area contributed by atoms with Gasteiger partial charge in [-0.2, -0.15) is 0 Å². The minimum atomic E-state index is 0.510. The van der Waals surface area contributed by atoms with E-state index in [0.29, 0.717) is 11.8 Å². The predicted octanol–water partition coefficient (Wildman–Crippen LogP) is 35.2. The van der Waals surface area contributed by atoms with Crippen molar-refractivity contribution in [1.82, 2.24) is 52.6 Å². The molecule has 0 N–H and O–H groups in total. The molecular formula is C130H77N11O3S2. The summed E-state index contributed by atoms with van der Waals surface area (Å²) >= 11 is 3.81. The number of pyridine rings is 2. The van der Waals surface area contributed by atoms with Crippen molar-refractivity contribution in [2.75, 3.05) is 0 Å². The summed E-state index contributed by atoms with van der Waals surface area (Å²) < 4.78 is 39.7. The van der Waals surface area contributed by atoms with E-state index in [1.807, 2.05) is 71.3 Å². The molecule has 33 aromatic rings. The SMILES string of the molecule is Cc1nc2ccccc2n1-c1cccc(-n2c3ccccc3c3c4c5ccccc5oc4c4c(c5ccccc5n4-c4ccccc4)c32)c1.c1ccc(-c2nnc(-c3ccc(-n4c5ccccc5c5c6c7ccccc7sc6c6c7ccccc7sc6c54)cc3)o2)cc1.c1ccc(-n2c3ccccc3c3c2c2oc4ccccc4c2c2c4ccccc4n(-c4ccccc4-c4ccc5ccc6cccnc6c5n4)c23)cc1. The Morgan fingerprint density at radius 3 is 1.24 bits per heavy atom. The van der Waals surface area contributed by atoms with Gasteiger partial charge >= 0.3 is 0 Å². The molecule has 13 aromatic heterocycles. The molecule has 682 valence electrons. The zero-order valence-electron chi connectivity index (χ0n) is 78.2. The minimum absolute atomic E-state index is 0.510. The van der Waals surface area contributed by atoms with E-state index in [-0.39, 0.29) is 0 Å². The van der Waals surface area contributed by atoms with Gasteiger partial charge in [0.25, 0.3) is 0 Å². The van der Waals surface area contributed by atoms with Crippen molar-refractivity contribution in [1.29, 1.82) is 0 Å². The van der Waals surface area contributed by atoms with Crippen LogP contribution in [0, 0.1) is 6.92 Å². The first-order valence-electron chi connectivity index (χ1n) is 49.1. The van der Waals surface area contributed by atoms with Gasteiger partial charge in [-0.05, 0) is 171 Å². The third kappa shape index (κ3) is 12.0. The van der Waals surface area contributed by atoms with Crippen molar-refractivity contribution >= 4 is 249 Å². The van der Waals surface area contributed by atoms with Crippen molar-refractivity contribution in [3.8, 4) is 68.3 Å². The topological polar surface area (TPSA) is 133 Å². The number of hydrogen-bond donors (Lipinski definition) is 0. The maximum atomic E-state index is 6.95. The molecule has 0 aliphatic heterocycles. The molecule has 14 nitrogen and oxygen atoms in total. The first-order valence-corrected chi connectivity index (χ1v) is 50.7. The van der Waals surface area contributed by atoms with Gasteiger partial charge in [-0.1, -0.05) is 279 Å². The summed E-state index contributed by atoms with van der Waals surface area (Å²) in [6.45, 7) is 2.08. The number of nitrogens with zero attached hydrogens (tertiary/aromatic N) is 11. The summed E-state index contributed by atoms with van der Waals surface area (Å²) in [7, 11) is 0. The molecule has 0 unspecified atom stereocenters. The molecule has 16 heteroatoms. The summed E-state index contributed by atoms with van der Waals surface area (Å²) in [4.78, 5) is 15.0. The van der Waals surface area contributed by atoms with Crippen LogP contribution in [0.5, 0.6) is 0 Å². The zero-order chi connectivity index (χ0) is 95.6. The Labute approximate surface area is 838 Å². The van der Waals surface area contributed by atoms with Crippen LogP contribution < -0.4 is 0 Å². The molecule has 0 radical (unpaired) electrons. The zero-order valence-corrected chi connectivity index (χ0v) is 79.8. The van der Waals surface area contributed by atoms with Crippen molar-refractivity contribution in [3.05, 3.63) is 455 Å². The van der Waals surface area contributed by atoms with Crippen LogP contribution in [0.2, 0.25) is 0 Å². The minimum Gasteiger partial charge on any atom is -0.454 e. The number of para-hydroxylation sites is 12. The van der Waals surface area contributed by atoms with Crippen LogP contribution >= 0.6 is 22.7 Å². The molecule has 0 amide bonds. The lowest BCUT2D eigenvalue weighted by atomic mass is 10.0. The molecule has 0 saturated heterocycles. The lowest BCUT2D eigenvalue weighted by Gasteiger charge is -2.15. The number of furan rings is 2. The van der Waals surface area contributed by atoms with Crippen molar-refractivity contribution in [2.45, 2.75) is 6.92 Å². The Balaban J connectivity index is 0.0000000999. The first kappa shape index (κ1) is 81.7. The number of fused-ring (bicyclic) bond motifs is 40. The second-order valence-electron chi connectivity index (χ2n) is 37.5. The summed E-state index contributed by atoms with van der Waals surface area (Å²) in [6, 6.07) is 157. The van der Waals surface area contributed by atoms with E-state index in [1.165, 1.54) is 105 Å². The molecule has 0 spiro atoms. The van der Waals surface area contributed by atoms with E-state index in [4.69, 9.17) is 28.2 Å². The van der Waals surface area contributed by atoms with Crippen molar-refractivity contribution in [3.63, 3.8) is 0 Å². The van der Waals surface area contributed by atoms with Crippen LogP contribution in [0.1, 0.15) is 5.82 Å². The second-order valence-corrected chi connectivity index (χ2v) is 39.6. The van der Waals surface area contributed by atoms with Crippen LogP contribution in [0.3, 0.4) is 0 Å². The van der Waals surface area contributed by atoms with Gasteiger partial charge in [0.1, 0.15) is 17.0 Å². The normalized spacial score (nSPS) is 12.1. The Bertz CT molecular complexity index is 11300. The van der Waals surface area contributed by atoms with Gasteiger partial charge < -0.3 is 36.1 Å². The van der Waals surface area contributed by atoms with E-state index < -0.39 is 0 Å². The van der Waals surface area contributed by atoms with E-state index >= 15 is 0 Å². The standard InChI is InChI=1S/C48H28N4O.C44H28N4O.C38H21N3OS2/c1-2-14-31(15-3-1)51-38-21-9-6-18-34(38)43-46-41(42-35-19-7-11-23-40(35)53-48(42)47(43)51)33-17-5-10-22-39(33)52(46)37-20-8-4-16-32(37)36-27-26-30-25-24-29-13-12-28-49-44(29)45(30)50-36;1-27-45-34-21-8-11-24-37(34)46(27)29-16-13-17-30(26-29)48-35-22-9-5-18-31(35)39-40-33-20-7-12-25-38(33)49-44(40)43-41(42(39)48)32-19-6-10-23-36(32)47(43)28-14-3-2-4-15-28;1-2-10-22(11-3-1)37-39-40-38(42-37)23-18-20-24(21-19-23)41-28-15-7-4-12-25(28)31-32-26-13-5-8-16-29(26)43-35(32)33-27-14-6-9-17-30(27)44-36(33)34(31)41/h1-28H;2-26H,1H3;1-21H. The van der Waals surface area contributed by atoms with Gasteiger partial charge in [-0.15, -0.1) is 32.9 Å². The highest BCUT2D eigenvalue weighted by Gasteiger charge is 2.33. The third-order valence-electron chi connectivity index (χ3n) is 29.6. The van der Waals surface area contributed by atoms with E-state index in [0.717, 1.165) is 183 Å². The van der Waals surface area contributed by atoms with Gasteiger partial charge in [0.2, 0.25) is 11.8 Å². The molecular weight excluding hydrogens is 1830 g/mol. The Kier molecular flexibility index (Phi) is 17.9. The Morgan fingerprint density at radius 1 is 0.247 bits per heavy atom. The van der Waals surface area contributed by atoms with E-state index in [2.05, 4.69) is 445 Å². The summed E-state index contributed by atoms with van der Waals surface area (Å²) in [6.07, 6.45) is 1.85. The van der Waals surface area contributed by atoms with Gasteiger partial charge in [-0.25, -0.2) is 9.97 Å². The molecule has 0 atom stereocenters.